The van der Waals surface area contributed by atoms with E-state index >= 15 is 0 Å². The number of ether oxygens (including phenoxy) is 2. The van der Waals surface area contributed by atoms with Crippen LogP contribution in [0.15, 0.2) is 17.1 Å². The number of rotatable bonds is 0. The minimum absolute atomic E-state index is 0.00870. The third-order valence-corrected chi connectivity index (χ3v) is 2.60. The molecule has 2 aliphatic rings. The van der Waals surface area contributed by atoms with Crippen molar-refractivity contribution in [3.05, 3.63) is 22.6 Å². The number of halogens is 1. The number of alkyl halides is 1. The first-order chi connectivity index (χ1) is 7.83. The van der Waals surface area contributed by atoms with Gasteiger partial charge in [-0.15, -0.1) is 11.6 Å². The summed E-state index contributed by atoms with van der Waals surface area (Å²) in [5.74, 6) is 0. The van der Waals surface area contributed by atoms with Crippen LogP contribution in [0.1, 0.15) is 19.1 Å². The second-order valence-electron chi connectivity index (χ2n) is 3.56. The molecule has 1 aromatic heterocycles. The Labute approximate surface area is 98.0 Å². The highest BCUT2D eigenvalue weighted by molar-refractivity contribution is 6.15. The molecule has 6 heteroatoms. The van der Waals surface area contributed by atoms with Crippen LogP contribution in [0.25, 0.3) is 0 Å². The second kappa shape index (κ2) is 4.84. The molecule has 1 fully saturated rings. The Morgan fingerprint density at radius 3 is 3.12 bits per heavy atom. The molecule has 2 aliphatic heterocycles. The van der Waals surface area contributed by atoms with Gasteiger partial charge in [0.1, 0.15) is 12.8 Å². The van der Waals surface area contributed by atoms with Crippen LogP contribution in [0.2, 0.25) is 0 Å². The molecule has 2 unspecified atom stereocenters. The number of aromatic nitrogens is 2. The van der Waals surface area contributed by atoms with E-state index in [2.05, 4.69) is 16.6 Å². The smallest absolute Gasteiger partial charge is 0.301 e. The molecular weight excluding hydrogens is 232 g/mol. The fourth-order valence-corrected chi connectivity index (χ4v) is 1.90. The summed E-state index contributed by atoms with van der Waals surface area (Å²) < 4.78 is 12.9. The topological polar surface area (TPSA) is 53.4 Å². The van der Waals surface area contributed by atoms with Gasteiger partial charge in [0.05, 0.1) is 6.10 Å². The number of nitrogens with zero attached hydrogens (tertiary/aromatic N) is 2. The van der Waals surface area contributed by atoms with Gasteiger partial charge in [0.25, 0.3) is 5.56 Å². The summed E-state index contributed by atoms with van der Waals surface area (Å²) in [6.45, 7) is 0.493. The van der Waals surface area contributed by atoms with Gasteiger partial charge >= 0.3 is 6.01 Å². The fraction of sp³-hybridized carbons (Fsp3) is 0.600. The molecule has 16 heavy (non-hydrogen) atoms. The number of hydrogen-bond donors (Lipinski definition) is 0. The van der Waals surface area contributed by atoms with Crippen LogP contribution >= 0.6 is 11.6 Å². The van der Waals surface area contributed by atoms with Crippen LogP contribution in [-0.2, 0) is 4.74 Å². The van der Waals surface area contributed by atoms with Gasteiger partial charge in [0, 0.05) is 18.6 Å². The predicted molar refractivity (Wildman–Crippen MR) is 58.9 cm³/mol. The summed E-state index contributed by atoms with van der Waals surface area (Å²) >= 11 is 4.64. The van der Waals surface area contributed by atoms with Crippen LogP contribution in [0, 0.1) is 0 Å². The van der Waals surface area contributed by atoms with E-state index in [-0.39, 0.29) is 17.9 Å². The summed E-state index contributed by atoms with van der Waals surface area (Å²) in [6.07, 6.45) is 5.27. The Morgan fingerprint density at radius 2 is 2.31 bits per heavy atom. The molecule has 0 radical (unpaired) electrons. The molecule has 0 N–H and O–H groups in total. The Kier molecular flexibility index (Phi) is 3.46. The summed E-state index contributed by atoms with van der Waals surface area (Å²) in [5, 5.41) is 0. The molecule has 3 heterocycles. The van der Waals surface area contributed by atoms with Gasteiger partial charge in [-0.1, -0.05) is 0 Å². The highest BCUT2D eigenvalue weighted by Crippen LogP contribution is 2.32. The predicted octanol–water partition coefficient (Wildman–Crippen LogP) is 1.17. The minimum Gasteiger partial charge on any atom is -0.462 e. The largest absolute Gasteiger partial charge is 0.462 e. The Hall–Kier alpha value is -1.07. The van der Waals surface area contributed by atoms with Crippen LogP contribution in [0.5, 0.6) is 6.01 Å². The SMILES string of the molecule is CCl.O=c1ccn2c(n1)OCC1CCC2O1. The first kappa shape index (κ1) is 11.4. The van der Waals surface area contributed by atoms with Gasteiger partial charge in [0.15, 0.2) is 0 Å². The van der Waals surface area contributed by atoms with Gasteiger partial charge in [-0.05, 0) is 12.8 Å². The van der Waals surface area contributed by atoms with Crippen molar-refractivity contribution in [1.82, 2.24) is 9.55 Å². The van der Waals surface area contributed by atoms with E-state index in [1.807, 2.05) is 0 Å². The molecule has 88 valence electrons. The molecule has 0 aliphatic carbocycles. The van der Waals surface area contributed by atoms with Crippen LogP contribution in [-0.4, -0.2) is 28.6 Å². The first-order valence-corrected chi connectivity index (χ1v) is 5.84. The van der Waals surface area contributed by atoms with Crippen molar-refractivity contribution in [2.75, 3.05) is 13.0 Å². The molecule has 2 bridgehead atoms. The molecular formula is C10H13ClN2O3. The lowest BCUT2D eigenvalue weighted by atomic mass is 10.2. The van der Waals surface area contributed by atoms with E-state index in [4.69, 9.17) is 9.47 Å². The number of fused-ring (bicyclic) bond motifs is 4. The zero-order chi connectivity index (χ0) is 11.5. The maximum Gasteiger partial charge on any atom is 0.301 e. The van der Waals surface area contributed by atoms with E-state index in [9.17, 15) is 4.79 Å². The third kappa shape index (κ3) is 2.05. The average Bonchev–Trinajstić information content (AvgIpc) is 2.69. The summed E-state index contributed by atoms with van der Waals surface area (Å²) in [5.41, 5.74) is -0.269. The summed E-state index contributed by atoms with van der Waals surface area (Å²) in [4.78, 5) is 14.8. The molecule has 0 amide bonds. The van der Waals surface area contributed by atoms with Crippen molar-refractivity contribution in [2.45, 2.75) is 25.2 Å². The van der Waals surface area contributed by atoms with Crippen LogP contribution in [0.4, 0.5) is 0 Å². The maximum absolute atomic E-state index is 11.0. The number of hydrogen-bond acceptors (Lipinski definition) is 4. The van der Waals surface area contributed by atoms with Crippen molar-refractivity contribution in [2.24, 2.45) is 0 Å². The van der Waals surface area contributed by atoms with Gasteiger partial charge in [-0.25, -0.2) is 0 Å². The van der Waals surface area contributed by atoms with E-state index in [0.29, 0.717) is 12.6 Å². The van der Waals surface area contributed by atoms with Crippen molar-refractivity contribution in [3.8, 4) is 6.01 Å². The fourth-order valence-electron chi connectivity index (χ4n) is 1.90. The molecule has 5 nitrogen and oxygen atoms in total. The summed E-state index contributed by atoms with van der Waals surface area (Å²) in [6, 6.07) is 1.80. The van der Waals surface area contributed by atoms with Gasteiger partial charge in [-0.3, -0.25) is 9.36 Å². The van der Waals surface area contributed by atoms with Crippen molar-refractivity contribution in [3.63, 3.8) is 0 Å². The van der Waals surface area contributed by atoms with Crippen molar-refractivity contribution in [1.29, 1.82) is 0 Å². The highest BCUT2D eigenvalue weighted by atomic mass is 35.5. The molecule has 2 atom stereocenters. The van der Waals surface area contributed by atoms with Crippen molar-refractivity contribution >= 4 is 11.6 Å². The van der Waals surface area contributed by atoms with E-state index < -0.39 is 0 Å². The summed E-state index contributed by atoms with van der Waals surface area (Å²) in [7, 11) is 0. The average molecular weight is 245 g/mol. The Morgan fingerprint density at radius 1 is 1.50 bits per heavy atom. The van der Waals surface area contributed by atoms with Crippen LogP contribution in [0.3, 0.4) is 0 Å². The molecule has 3 rings (SSSR count). The van der Waals surface area contributed by atoms with Crippen LogP contribution < -0.4 is 10.3 Å². The van der Waals surface area contributed by atoms with Gasteiger partial charge in [-0.2, -0.15) is 4.98 Å². The lowest BCUT2D eigenvalue weighted by Gasteiger charge is -2.14. The monoisotopic (exact) mass is 244 g/mol. The van der Waals surface area contributed by atoms with Gasteiger partial charge < -0.3 is 9.47 Å². The molecule has 1 saturated heterocycles. The zero-order valence-corrected chi connectivity index (χ0v) is 9.68. The zero-order valence-electron chi connectivity index (χ0n) is 8.93. The van der Waals surface area contributed by atoms with Gasteiger partial charge in [0.2, 0.25) is 0 Å². The Bertz CT molecular complexity index is 421. The molecule has 0 spiro atoms. The molecule has 0 saturated carbocycles. The minimum atomic E-state index is -0.269. The highest BCUT2D eigenvalue weighted by Gasteiger charge is 2.31. The molecule has 1 aromatic rings. The van der Waals surface area contributed by atoms with E-state index in [1.165, 1.54) is 12.4 Å². The van der Waals surface area contributed by atoms with E-state index in [1.54, 1.807) is 10.8 Å². The lowest BCUT2D eigenvalue weighted by Crippen LogP contribution is -2.18. The normalized spacial score (nSPS) is 25.9. The maximum atomic E-state index is 11.0. The lowest BCUT2D eigenvalue weighted by molar-refractivity contribution is 0.00450. The quantitative estimate of drug-likeness (QED) is 0.643. The van der Waals surface area contributed by atoms with E-state index in [0.717, 1.165) is 12.8 Å². The first-order valence-electron chi connectivity index (χ1n) is 5.08. The third-order valence-electron chi connectivity index (χ3n) is 2.60. The second-order valence-corrected chi connectivity index (χ2v) is 3.56. The Balaban J connectivity index is 0.000000457. The molecule has 0 aromatic carbocycles. The standard InChI is InChI=1S/C9H10N2O3.CH3Cl/c12-7-3-4-11-8-2-1-6(14-8)5-13-9(11)10-7;1-2/h3-4,6,8H,1-2,5H2;1H3. The van der Waals surface area contributed by atoms with Crippen molar-refractivity contribution < 1.29 is 9.47 Å².